The van der Waals surface area contributed by atoms with Crippen LogP contribution in [0.25, 0.3) is 11.3 Å². The zero-order valence-corrected chi connectivity index (χ0v) is 17.4. The first kappa shape index (κ1) is 19.5. The van der Waals surface area contributed by atoms with Crippen molar-refractivity contribution in [3.63, 3.8) is 0 Å². The van der Waals surface area contributed by atoms with Crippen LogP contribution in [0.3, 0.4) is 0 Å². The van der Waals surface area contributed by atoms with E-state index in [-0.39, 0.29) is 18.6 Å². The van der Waals surface area contributed by atoms with Crippen LogP contribution in [0.2, 0.25) is 0 Å². The zero-order valence-electron chi connectivity index (χ0n) is 15.2. The monoisotopic (exact) mass is 475 g/mol. The maximum atomic E-state index is 9.64. The summed E-state index contributed by atoms with van der Waals surface area (Å²) in [4.78, 5) is 13.3. The van der Waals surface area contributed by atoms with Crippen LogP contribution in [0, 0.1) is 9.49 Å². The van der Waals surface area contributed by atoms with Crippen LogP contribution in [-0.4, -0.2) is 32.7 Å². The fourth-order valence-electron chi connectivity index (χ4n) is 2.54. The fraction of sp³-hybridized carbons (Fsp3) is 0.250. The van der Waals surface area contributed by atoms with Crippen LogP contribution in [0.5, 0.6) is 0 Å². The Labute approximate surface area is 172 Å². The van der Waals surface area contributed by atoms with Crippen molar-refractivity contribution in [1.82, 2.24) is 15.0 Å². The van der Waals surface area contributed by atoms with Gasteiger partial charge in [0.1, 0.15) is 5.82 Å². The number of anilines is 3. The third kappa shape index (κ3) is 5.14. The molecule has 0 amide bonds. The van der Waals surface area contributed by atoms with Crippen LogP contribution in [-0.2, 0) is 0 Å². The molecule has 3 rings (SSSR count). The van der Waals surface area contributed by atoms with Gasteiger partial charge in [-0.25, -0.2) is 4.98 Å². The SMILES string of the molecule is CC(C)[C@@H](CO)Nc1nc(Nc2ccccc2I)cc(-c2ccncc2)n1. The molecule has 0 aliphatic carbocycles. The number of aromatic nitrogens is 3. The molecule has 3 aromatic rings. The number of pyridine rings is 1. The van der Waals surface area contributed by atoms with Crippen molar-refractivity contribution < 1.29 is 5.11 Å². The van der Waals surface area contributed by atoms with Gasteiger partial charge in [0.2, 0.25) is 5.95 Å². The van der Waals surface area contributed by atoms with Gasteiger partial charge in [0.15, 0.2) is 0 Å². The summed E-state index contributed by atoms with van der Waals surface area (Å²) in [5.41, 5.74) is 2.71. The van der Waals surface area contributed by atoms with Gasteiger partial charge in [-0.3, -0.25) is 4.98 Å². The fourth-order valence-corrected chi connectivity index (χ4v) is 3.06. The molecular formula is C20H22IN5O. The normalized spacial score (nSPS) is 12.0. The minimum Gasteiger partial charge on any atom is -0.394 e. The van der Waals surface area contributed by atoms with E-state index in [9.17, 15) is 5.11 Å². The quantitative estimate of drug-likeness (QED) is 0.442. The number of halogens is 1. The molecule has 2 aromatic heterocycles. The molecule has 1 atom stereocenters. The summed E-state index contributed by atoms with van der Waals surface area (Å²) in [5, 5.41) is 16.3. The standard InChI is InChI=1S/C20H22IN5O/c1-13(2)18(12-27)25-20-24-17(14-7-9-22-10-8-14)11-19(26-20)23-16-6-4-3-5-15(16)21/h3-11,13,18,27H,12H2,1-2H3,(H2,23,24,25,26)/t18-/m1/s1. The van der Waals surface area contributed by atoms with Crippen molar-refractivity contribution >= 4 is 40.0 Å². The van der Waals surface area contributed by atoms with E-state index in [0.717, 1.165) is 20.5 Å². The molecule has 0 aliphatic rings. The molecule has 0 fully saturated rings. The number of aliphatic hydroxyl groups excluding tert-OH is 1. The van der Waals surface area contributed by atoms with Crippen molar-refractivity contribution in [3.8, 4) is 11.3 Å². The van der Waals surface area contributed by atoms with Crippen LogP contribution >= 0.6 is 22.6 Å². The lowest BCUT2D eigenvalue weighted by atomic mass is 10.1. The molecule has 1 aromatic carbocycles. The van der Waals surface area contributed by atoms with Gasteiger partial charge in [-0.2, -0.15) is 4.98 Å². The Balaban J connectivity index is 1.99. The molecule has 0 bridgehead atoms. The third-order valence-corrected chi connectivity index (χ3v) is 5.10. The average Bonchev–Trinajstić information content (AvgIpc) is 2.68. The number of para-hydroxylation sites is 1. The summed E-state index contributed by atoms with van der Waals surface area (Å²) in [6, 6.07) is 13.6. The second-order valence-corrected chi connectivity index (χ2v) is 7.64. The van der Waals surface area contributed by atoms with Gasteiger partial charge in [-0.1, -0.05) is 26.0 Å². The number of aliphatic hydroxyl groups is 1. The molecule has 0 spiro atoms. The highest BCUT2D eigenvalue weighted by atomic mass is 127. The lowest BCUT2D eigenvalue weighted by molar-refractivity contribution is 0.248. The molecule has 7 heteroatoms. The van der Waals surface area contributed by atoms with Crippen LogP contribution in [0.1, 0.15) is 13.8 Å². The van der Waals surface area contributed by atoms with E-state index < -0.39 is 0 Å². The number of benzene rings is 1. The second kappa shape index (κ2) is 9.09. The van der Waals surface area contributed by atoms with Crippen molar-refractivity contribution in [2.75, 3.05) is 17.2 Å². The maximum Gasteiger partial charge on any atom is 0.225 e. The minimum absolute atomic E-state index is 0.0137. The lowest BCUT2D eigenvalue weighted by Gasteiger charge is -2.21. The van der Waals surface area contributed by atoms with Crippen molar-refractivity contribution in [1.29, 1.82) is 0 Å². The van der Waals surface area contributed by atoms with E-state index in [1.807, 2.05) is 56.3 Å². The zero-order chi connectivity index (χ0) is 19.2. The van der Waals surface area contributed by atoms with E-state index in [1.54, 1.807) is 12.4 Å². The second-order valence-electron chi connectivity index (χ2n) is 6.48. The Morgan fingerprint density at radius 2 is 1.81 bits per heavy atom. The van der Waals surface area contributed by atoms with Crippen molar-refractivity contribution in [3.05, 3.63) is 58.4 Å². The highest BCUT2D eigenvalue weighted by molar-refractivity contribution is 14.1. The topological polar surface area (TPSA) is 83.0 Å². The highest BCUT2D eigenvalue weighted by Crippen LogP contribution is 2.26. The smallest absolute Gasteiger partial charge is 0.225 e. The molecular weight excluding hydrogens is 453 g/mol. The Morgan fingerprint density at radius 1 is 1.07 bits per heavy atom. The molecule has 2 heterocycles. The molecule has 3 N–H and O–H groups in total. The van der Waals surface area contributed by atoms with Gasteiger partial charge in [-0.05, 0) is 52.8 Å². The summed E-state index contributed by atoms with van der Waals surface area (Å²) in [6.45, 7) is 4.11. The van der Waals surface area contributed by atoms with Crippen LogP contribution in [0.4, 0.5) is 17.5 Å². The van der Waals surface area contributed by atoms with Gasteiger partial charge in [0, 0.05) is 27.6 Å². The lowest BCUT2D eigenvalue weighted by Crippen LogP contribution is -2.30. The maximum absolute atomic E-state index is 9.64. The van der Waals surface area contributed by atoms with Gasteiger partial charge < -0.3 is 15.7 Å². The van der Waals surface area contributed by atoms with Crippen molar-refractivity contribution in [2.24, 2.45) is 5.92 Å². The average molecular weight is 475 g/mol. The molecule has 6 nitrogen and oxygen atoms in total. The van der Waals surface area contributed by atoms with E-state index in [4.69, 9.17) is 0 Å². The van der Waals surface area contributed by atoms with E-state index in [0.29, 0.717) is 11.8 Å². The highest BCUT2D eigenvalue weighted by Gasteiger charge is 2.15. The van der Waals surface area contributed by atoms with Gasteiger partial charge in [-0.15, -0.1) is 0 Å². The molecule has 0 saturated heterocycles. The summed E-state index contributed by atoms with van der Waals surface area (Å²) < 4.78 is 1.10. The summed E-state index contributed by atoms with van der Waals surface area (Å²) in [6.07, 6.45) is 3.48. The first-order valence-electron chi connectivity index (χ1n) is 8.75. The van der Waals surface area contributed by atoms with Gasteiger partial charge >= 0.3 is 0 Å². The molecule has 27 heavy (non-hydrogen) atoms. The number of nitrogens with zero attached hydrogens (tertiary/aromatic N) is 3. The van der Waals surface area contributed by atoms with Gasteiger partial charge in [0.05, 0.1) is 24.0 Å². The number of hydrogen-bond acceptors (Lipinski definition) is 6. The minimum atomic E-state index is -0.123. The number of hydrogen-bond donors (Lipinski definition) is 3. The van der Waals surface area contributed by atoms with Crippen molar-refractivity contribution in [2.45, 2.75) is 19.9 Å². The van der Waals surface area contributed by atoms with E-state index in [2.05, 4.69) is 48.2 Å². The molecule has 0 aliphatic heterocycles. The van der Waals surface area contributed by atoms with E-state index >= 15 is 0 Å². The third-order valence-electron chi connectivity index (χ3n) is 4.15. The van der Waals surface area contributed by atoms with Crippen LogP contribution < -0.4 is 10.6 Å². The Morgan fingerprint density at radius 3 is 2.48 bits per heavy atom. The molecule has 0 radical (unpaired) electrons. The first-order valence-corrected chi connectivity index (χ1v) is 9.83. The molecule has 0 unspecified atom stereocenters. The molecule has 140 valence electrons. The predicted octanol–water partition coefficient (Wildman–Crippen LogP) is 4.32. The first-order chi connectivity index (χ1) is 13.1. The summed E-state index contributed by atoms with van der Waals surface area (Å²) in [5.74, 6) is 1.41. The van der Waals surface area contributed by atoms with Crippen LogP contribution in [0.15, 0.2) is 54.9 Å². The van der Waals surface area contributed by atoms with E-state index in [1.165, 1.54) is 0 Å². The number of rotatable bonds is 7. The summed E-state index contributed by atoms with van der Waals surface area (Å²) in [7, 11) is 0. The largest absolute Gasteiger partial charge is 0.394 e. The Hall–Kier alpha value is -2.26. The Bertz CT molecular complexity index is 889. The molecule has 0 saturated carbocycles. The predicted molar refractivity (Wildman–Crippen MR) is 117 cm³/mol. The van der Waals surface area contributed by atoms with Gasteiger partial charge in [0.25, 0.3) is 0 Å². The Kier molecular flexibility index (Phi) is 6.57. The number of nitrogens with one attached hydrogen (secondary N) is 2. The summed E-state index contributed by atoms with van der Waals surface area (Å²) >= 11 is 2.29.